The van der Waals surface area contributed by atoms with E-state index in [2.05, 4.69) is 10.5 Å². The first-order valence-electron chi connectivity index (χ1n) is 8.64. The molecule has 27 heavy (non-hydrogen) atoms. The van der Waals surface area contributed by atoms with Crippen molar-refractivity contribution in [3.63, 3.8) is 0 Å². The van der Waals surface area contributed by atoms with Gasteiger partial charge in [0.1, 0.15) is 4.90 Å². The fraction of sp³-hybridized carbons (Fsp3) is 0.300. The van der Waals surface area contributed by atoms with E-state index in [9.17, 15) is 13.2 Å². The van der Waals surface area contributed by atoms with Gasteiger partial charge in [0.25, 0.3) is 10.0 Å². The summed E-state index contributed by atoms with van der Waals surface area (Å²) in [5.74, 6) is 0.195. The molecule has 7 heteroatoms. The van der Waals surface area contributed by atoms with Crippen LogP contribution >= 0.6 is 0 Å². The molecule has 1 heterocycles. The molecule has 0 unspecified atom stereocenters. The first kappa shape index (κ1) is 19.1. The number of aryl methyl sites for hydroxylation is 2. The Bertz CT molecular complexity index is 1030. The lowest BCUT2D eigenvalue weighted by Gasteiger charge is -2.24. The number of hydrogen-bond acceptors (Lipinski definition) is 4. The Balaban J connectivity index is 1.73. The molecule has 2 aromatic rings. The highest BCUT2D eigenvalue weighted by molar-refractivity contribution is 7.90. The average Bonchev–Trinajstić information content (AvgIpc) is 2.89. The second-order valence-electron chi connectivity index (χ2n) is 6.92. The Morgan fingerprint density at radius 3 is 2.48 bits per heavy atom. The van der Waals surface area contributed by atoms with Gasteiger partial charge in [0.2, 0.25) is 5.91 Å². The molecule has 1 aliphatic rings. The molecule has 0 spiro atoms. The molecule has 0 radical (unpaired) electrons. The molecule has 0 aromatic heterocycles. The summed E-state index contributed by atoms with van der Waals surface area (Å²) >= 11 is 0. The number of nitrogens with zero attached hydrogens (tertiary/aromatic N) is 3. The summed E-state index contributed by atoms with van der Waals surface area (Å²) in [5, 5.41) is 0. The number of carbonyl (C=O) groups excluding carboxylic acids is 1. The van der Waals surface area contributed by atoms with Crippen molar-refractivity contribution in [2.24, 2.45) is 4.40 Å². The minimum Gasteiger partial charge on any atom is -0.349 e. The van der Waals surface area contributed by atoms with Gasteiger partial charge >= 0.3 is 0 Å². The van der Waals surface area contributed by atoms with E-state index in [1.807, 2.05) is 26.0 Å². The van der Waals surface area contributed by atoms with E-state index in [4.69, 9.17) is 0 Å². The molecule has 0 saturated carbocycles. The van der Waals surface area contributed by atoms with E-state index >= 15 is 0 Å². The van der Waals surface area contributed by atoms with E-state index in [1.54, 1.807) is 42.1 Å². The van der Waals surface area contributed by atoms with Crippen molar-refractivity contribution in [3.8, 4) is 0 Å². The zero-order valence-electron chi connectivity index (χ0n) is 15.9. The molecule has 0 aliphatic carbocycles. The summed E-state index contributed by atoms with van der Waals surface area (Å²) in [6.07, 6.45) is 0. The van der Waals surface area contributed by atoms with Crippen LogP contribution in [0, 0.1) is 13.8 Å². The predicted molar refractivity (Wildman–Crippen MR) is 105 cm³/mol. The molecule has 1 amide bonds. The van der Waals surface area contributed by atoms with Gasteiger partial charge in [-0.25, -0.2) is 0 Å². The number of hydrogen-bond donors (Lipinski definition) is 0. The standard InChI is InChI=1S/C20H23N3O3S/c1-14-9-10-16(15(2)11-14)12-22(3)19(24)13-23(4)20-17-7-5-6-8-18(17)27(25,26)21-20/h5-11H,12-13H2,1-4H3. The first-order chi connectivity index (χ1) is 12.7. The maximum atomic E-state index is 12.6. The molecule has 0 atom stereocenters. The maximum Gasteiger partial charge on any atom is 0.285 e. The average molecular weight is 385 g/mol. The molecule has 0 fully saturated rings. The number of amides is 1. The number of benzene rings is 2. The van der Waals surface area contributed by atoms with Gasteiger partial charge in [-0.05, 0) is 37.1 Å². The normalized spacial score (nSPS) is 14.4. The maximum absolute atomic E-state index is 12.6. The Hall–Kier alpha value is -2.67. The van der Waals surface area contributed by atoms with Gasteiger partial charge in [0.15, 0.2) is 5.84 Å². The number of carbonyl (C=O) groups is 1. The Morgan fingerprint density at radius 2 is 1.78 bits per heavy atom. The molecule has 2 aromatic carbocycles. The van der Waals surface area contributed by atoms with Crippen molar-refractivity contribution in [3.05, 3.63) is 64.7 Å². The third kappa shape index (κ3) is 3.88. The monoisotopic (exact) mass is 385 g/mol. The number of amidine groups is 1. The molecule has 0 N–H and O–H groups in total. The fourth-order valence-corrected chi connectivity index (χ4v) is 4.38. The zero-order chi connectivity index (χ0) is 19.8. The molecule has 0 saturated heterocycles. The summed E-state index contributed by atoms with van der Waals surface area (Å²) in [7, 11) is -0.266. The third-order valence-electron chi connectivity index (χ3n) is 4.68. The number of sulfonamides is 1. The minimum absolute atomic E-state index is 0.0457. The summed E-state index contributed by atoms with van der Waals surface area (Å²) < 4.78 is 28.2. The number of rotatable bonds is 4. The van der Waals surface area contributed by atoms with E-state index in [1.165, 1.54) is 11.6 Å². The van der Waals surface area contributed by atoms with Crippen LogP contribution in [0.15, 0.2) is 51.8 Å². The van der Waals surface area contributed by atoms with E-state index in [0.717, 1.165) is 11.1 Å². The van der Waals surface area contributed by atoms with Crippen LogP contribution in [0.2, 0.25) is 0 Å². The van der Waals surface area contributed by atoms with Gasteiger partial charge in [0.05, 0.1) is 6.54 Å². The van der Waals surface area contributed by atoms with Gasteiger partial charge in [-0.3, -0.25) is 4.79 Å². The van der Waals surface area contributed by atoms with Crippen molar-refractivity contribution in [1.29, 1.82) is 0 Å². The van der Waals surface area contributed by atoms with Gasteiger partial charge in [-0.2, -0.15) is 8.42 Å². The van der Waals surface area contributed by atoms with Crippen LogP contribution in [-0.2, 0) is 21.4 Å². The van der Waals surface area contributed by atoms with Crippen LogP contribution in [0.5, 0.6) is 0 Å². The Kier molecular flexibility index (Phi) is 5.06. The molecule has 0 bridgehead atoms. The number of fused-ring (bicyclic) bond motifs is 1. The lowest BCUT2D eigenvalue weighted by Crippen LogP contribution is -2.39. The fourth-order valence-electron chi connectivity index (χ4n) is 3.13. The van der Waals surface area contributed by atoms with Crippen molar-refractivity contribution in [2.75, 3.05) is 20.6 Å². The highest BCUT2D eigenvalue weighted by atomic mass is 32.2. The van der Waals surface area contributed by atoms with E-state index in [-0.39, 0.29) is 17.3 Å². The van der Waals surface area contributed by atoms with Crippen LogP contribution in [0.3, 0.4) is 0 Å². The van der Waals surface area contributed by atoms with Crippen LogP contribution in [0.25, 0.3) is 0 Å². The van der Waals surface area contributed by atoms with Crippen molar-refractivity contribution in [1.82, 2.24) is 9.80 Å². The van der Waals surface area contributed by atoms with Crippen LogP contribution in [0.4, 0.5) is 0 Å². The smallest absolute Gasteiger partial charge is 0.285 e. The van der Waals surface area contributed by atoms with E-state index in [0.29, 0.717) is 17.9 Å². The topological polar surface area (TPSA) is 70.1 Å². The molecule has 1 aliphatic heterocycles. The highest BCUT2D eigenvalue weighted by Gasteiger charge is 2.31. The van der Waals surface area contributed by atoms with Crippen molar-refractivity contribution < 1.29 is 13.2 Å². The minimum atomic E-state index is -3.69. The van der Waals surface area contributed by atoms with Crippen molar-refractivity contribution >= 4 is 21.8 Å². The van der Waals surface area contributed by atoms with Crippen LogP contribution in [0.1, 0.15) is 22.3 Å². The SMILES string of the molecule is Cc1ccc(CN(C)C(=O)CN(C)C2=NS(=O)(=O)c3ccccc32)c(C)c1. The van der Waals surface area contributed by atoms with Gasteiger partial charge in [-0.1, -0.05) is 35.9 Å². The Labute approximate surface area is 160 Å². The summed E-state index contributed by atoms with van der Waals surface area (Å²) in [6, 6.07) is 12.8. The molecule has 142 valence electrons. The zero-order valence-corrected chi connectivity index (χ0v) is 16.7. The second kappa shape index (κ2) is 7.15. The van der Waals surface area contributed by atoms with Crippen LogP contribution < -0.4 is 0 Å². The van der Waals surface area contributed by atoms with Gasteiger partial charge in [0, 0.05) is 26.2 Å². The summed E-state index contributed by atoms with van der Waals surface area (Å²) in [4.78, 5) is 16.1. The largest absolute Gasteiger partial charge is 0.349 e. The van der Waals surface area contributed by atoms with Crippen molar-refractivity contribution in [2.45, 2.75) is 25.3 Å². The summed E-state index contributed by atoms with van der Waals surface area (Å²) in [6.45, 7) is 4.61. The summed E-state index contributed by atoms with van der Waals surface area (Å²) in [5.41, 5.74) is 3.95. The van der Waals surface area contributed by atoms with E-state index < -0.39 is 10.0 Å². The number of likely N-dealkylation sites (N-methyl/N-ethyl adjacent to an activating group) is 2. The van der Waals surface area contributed by atoms with Gasteiger partial charge in [-0.15, -0.1) is 4.40 Å². The first-order valence-corrected chi connectivity index (χ1v) is 10.1. The molecular formula is C20H23N3O3S. The molecule has 3 rings (SSSR count). The Morgan fingerprint density at radius 1 is 1.07 bits per heavy atom. The van der Waals surface area contributed by atoms with Gasteiger partial charge < -0.3 is 9.80 Å². The molecule has 6 nitrogen and oxygen atoms in total. The predicted octanol–water partition coefficient (Wildman–Crippen LogP) is 2.34. The third-order valence-corrected chi connectivity index (χ3v) is 6.00. The van der Waals surface area contributed by atoms with Crippen LogP contribution in [-0.4, -0.2) is 50.6 Å². The lowest BCUT2D eigenvalue weighted by molar-refractivity contribution is -0.130. The lowest BCUT2D eigenvalue weighted by atomic mass is 10.1. The quantitative estimate of drug-likeness (QED) is 0.810. The second-order valence-corrected chi connectivity index (χ2v) is 8.49. The molecular weight excluding hydrogens is 362 g/mol. The highest BCUT2D eigenvalue weighted by Crippen LogP contribution is 2.26.